The maximum absolute atomic E-state index is 5.59. The quantitative estimate of drug-likeness (QED) is 0.623. The molecule has 0 bridgehead atoms. The van der Waals surface area contributed by atoms with Crippen LogP contribution in [0.4, 0.5) is 0 Å². The molecule has 0 aliphatic carbocycles. The van der Waals surface area contributed by atoms with Gasteiger partial charge in [-0.25, -0.2) is 4.98 Å². The molecule has 3 N–H and O–H groups in total. The molecule has 1 atom stereocenters. The molecular weight excluding hydrogens is 220 g/mol. The zero-order valence-electron chi connectivity index (χ0n) is 9.05. The Morgan fingerprint density at radius 3 is 2.94 bits per heavy atom. The summed E-state index contributed by atoms with van der Waals surface area (Å²) < 4.78 is 0. The molecule has 4 nitrogen and oxygen atoms in total. The van der Waals surface area contributed by atoms with Crippen LogP contribution in [0.25, 0.3) is 0 Å². The van der Waals surface area contributed by atoms with Gasteiger partial charge in [-0.2, -0.15) is 0 Å². The highest BCUT2D eigenvalue weighted by molar-refractivity contribution is 7.09. The van der Waals surface area contributed by atoms with Crippen LogP contribution < -0.4 is 11.3 Å². The summed E-state index contributed by atoms with van der Waals surface area (Å²) in [5, 5.41) is 3.05. The number of nitrogens with zero attached hydrogens (tertiary/aromatic N) is 2. The lowest BCUT2D eigenvalue weighted by molar-refractivity contribution is 0.546. The highest BCUT2D eigenvalue weighted by Crippen LogP contribution is 2.20. The van der Waals surface area contributed by atoms with E-state index in [4.69, 9.17) is 5.84 Å². The lowest BCUT2D eigenvalue weighted by Crippen LogP contribution is -2.30. The van der Waals surface area contributed by atoms with E-state index in [0.717, 1.165) is 22.7 Å². The molecule has 2 rings (SSSR count). The number of nitrogens with two attached hydrogens (primary N) is 1. The largest absolute Gasteiger partial charge is 0.271 e. The topological polar surface area (TPSA) is 63.8 Å². The molecule has 0 aliphatic rings. The summed E-state index contributed by atoms with van der Waals surface area (Å²) in [5.41, 5.74) is 4.95. The van der Waals surface area contributed by atoms with Crippen LogP contribution in [0.5, 0.6) is 0 Å². The summed E-state index contributed by atoms with van der Waals surface area (Å²) in [5.74, 6) is 5.59. The summed E-state index contributed by atoms with van der Waals surface area (Å²) in [7, 11) is 0. The maximum atomic E-state index is 5.59. The lowest BCUT2D eigenvalue weighted by atomic mass is 10.0. The van der Waals surface area contributed by atoms with E-state index in [1.54, 1.807) is 17.5 Å². The van der Waals surface area contributed by atoms with Crippen molar-refractivity contribution in [2.24, 2.45) is 5.84 Å². The van der Waals surface area contributed by atoms with E-state index in [1.165, 1.54) is 0 Å². The number of pyridine rings is 1. The first-order valence-corrected chi connectivity index (χ1v) is 5.95. The fraction of sp³-hybridized carbons (Fsp3) is 0.273. The second-order valence-corrected chi connectivity index (χ2v) is 4.51. The van der Waals surface area contributed by atoms with E-state index in [-0.39, 0.29) is 6.04 Å². The molecule has 0 saturated carbocycles. The first-order chi connectivity index (χ1) is 7.81. The highest BCUT2D eigenvalue weighted by atomic mass is 32.1. The molecule has 1 unspecified atom stereocenters. The third-order valence-corrected chi connectivity index (χ3v) is 3.29. The standard InChI is InChI=1S/C11H14N4S/c1-8-9(3-2-4-13-8)10(15-12)7-11-14-5-6-16-11/h2-6,10,15H,7,12H2,1H3. The van der Waals surface area contributed by atoms with Gasteiger partial charge in [0.25, 0.3) is 0 Å². The Bertz CT molecular complexity index is 441. The number of aromatic nitrogens is 2. The highest BCUT2D eigenvalue weighted by Gasteiger charge is 2.14. The minimum absolute atomic E-state index is 0.0693. The normalized spacial score (nSPS) is 12.6. The fourth-order valence-electron chi connectivity index (χ4n) is 1.65. The summed E-state index contributed by atoms with van der Waals surface area (Å²) in [6.45, 7) is 1.99. The van der Waals surface area contributed by atoms with Crippen LogP contribution >= 0.6 is 11.3 Å². The van der Waals surface area contributed by atoms with E-state index in [1.807, 2.05) is 30.6 Å². The van der Waals surface area contributed by atoms with Crippen molar-refractivity contribution in [3.63, 3.8) is 0 Å². The van der Waals surface area contributed by atoms with Gasteiger partial charge in [-0.05, 0) is 18.6 Å². The molecule has 0 amide bonds. The molecule has 5 heteroatoms. The summed E-state index contributed by atoms with van der Waals surface area (Å²) in [6, 6.07) is 4.04. The van der Waals surface area contributed by atoms with Crippen molar-refractivity contribution >= 4 is 11.3 Å². The monoisotopic (exact) mass is 234 g/mol. The van der Waals surface area contributed by atoms with Gasteiger partial charge in [0.1, 0.15) is 0 Å². The van der Waals surface area contributed by atoms with E-state index >= 15 is 0 Å². The molecule has 0 radical (unpaired) electrons. The predicted octanol–water partition coefficient (Wildman–Crippen LogP) is 1.59. The van der Waals surface area contributed by atoms with Gasteiger partial charge in [0.15, 0.2) is 0 Å². The van der Waals surface area contributed by atoms with Gasteiger partial charge in [-0.3, -0.25) is 16.3 Å². The zero-order valence-corrected chi connectivity index (χ0v) is 9.87. The van der Waals surface area contributed by atoms with Crippen LogP contribution in [-0.2, 0) is 6.42 Å². The van der Waals surface area contributed by atoms with E-state index in [0.29, 0.717) is 0 Å². The van der Waals surface area contributed by atoms with Gasteiger partial charge in [0.05, 0.1) is 11.0 Å². The van der Waals surface area contributed by atoms with Gasteiger partial charge >= 0.3 is 0 Å². The van der Waals surface area contributed by atoms with Crippen molar-refractivity contribution in [2.45, 2.75) is 19.4 Å². The second-order valence-electron chi connectivity index (χ2n) is 3.53. The summed E-state index contributed by atoms with van der Waals surface area (Å²) >= 11 is 1.64. The van der Waals surface area contributed by atoms with Crippen LogP contribution in [0.2, 0.25) is 0 Å². The van der Waals surface area contributed by atoms with Crippen LogP contribution in [0, 0.1) is 6.92 Å². The average Bonchev–Trinajstić information content (AvgIpc) is 2.80. The molecule has 2 aromatic rings. The molecule has 84 valence electrons. The van der Waals surface area contributed by atoms with Crippen LogP contribution in [0.1, 0.15) is 22.3 Å². The van der Waals surface area contributed by atoms with E-state index < -0.39 is 0 Å². The number of hydrogen-bond acceptors (Lipinski definition) is 5. The second kappa shape index (κ2) is 5.16. The molecule has 0 spiro atoms. The summed E-state index contributed by atoms with van der Waals surface area (Å²) in [6.07, 6.45) is 4.39. The van der Waals surface area contributed by atoms with E-state index in [9.17, 15) is 0 Å². The number of rotatable bonds is 4. The average molecular weight is 234 g/mol. The first kappa shape index (κ1) is 11.2. The fourth-order valence-corrected chi connectivity index (χ4v) is 2.32. The third kappa shape index (κ3) is 2.44. The number of thiazole rings is 1. The molecule has 0 saturated heterocycles. The molecule has 2 heterocycles. The molecule has 2 aromatic heterocycles. The van der Waals surface area contributed by atoms with Gasteiger partial charge in [-0.15, -0.1) is 11.3 Å². The molecular formula is C11H14N4S. The Labute approximate surface area is 98.5 Å². The third-order valence-electron chi connectivity index (χ3n) is 2.49. The van der Waals surface area contributed by atoms with Crippen molar-refractivity contribution in [3.8, 4) is 0 Å². The van der Waals surface area contributed by atoms with Crippen molar-refractivity contribution in [2.75, 3.05) is 0 Å². The van der Waals surface area contributed by atoms with Crippen LogP contribution in [-0.4, -0.2) is 9.97 Å². The number of nitrogens with one attached hydrogen (secondary N) is 1. The van der Waals surface area contributed by atoms with Crippen molar-refractivity contribution in [1.82, 2.24) is 15.4 Å². The van der Waals surface area contributed by atoms with Crippen LogP contribution in [0.15, 0.2) is 29.9 Å². The van der Waals surface area contributed by atoms with E-state index in [2.05, 4.69) is 15.4 Å². The molecule has 0 aliphatic heterocycles. The Hall–Kier alpha value is -1.30. The smallest absolute Gasteiger partial charge is 0.0944 e. The summed E-state index contributed by atoms with van der Waals surface area (Å²) in [4.78, 5) is 8.53. The van der Waals surface area contributed by atoms with Crippen molar-refractivity contribution in [1.29, 1.82) is 0 Å². The lowest BCUT2D eigenvalue weighted by Gasteiger charge is -2.16. The predicted molar refractivity (Wildman–Crippen MR) is 64.9 cm³/mol. The molecule has 16 heavy (non-hydrogen) atoms. The van der Waals surface area contributed by atoms with Gasteiger partial charge in [0, 0.05) is 29.9 Å². The number of hydrazine groups is 1. The zero-order chi connectivity index (χ0) is 11.4. The molecule has 0 fully saturated rings. The Morgan fingerprint density at radius 1 is 1.44 bits per heavy atom. The van der Waals surface area contributed by atoms with Gasteiger partial charge in [-0.1, -0.05) is 6.07 Å². The Balaban J connectivity index is 2.20. The first-order valence-electron chi connectivity index (χ1n) is 5.07. The molecule has 0 aromatic carbocycles. The Kier molecular flexibility index (Phi) is 3.61. The van der Waals surface area contributed by atoms with Gasteiger partial charge in [0.2, 0.25) is 0 Å². The van der Waals surface area contributed by atoms with Gasteiger partial charge < -0.3 is 0 Å². The van der Waals surface area contributed by atoms with Crippen molar-refractivity contribution < 1.29 is 0 Å². The minimum atomic E-state index is 0.0693. The van der Waals surface area contributed by atoms with Crippen molar-refractivity contribution in [3.05, 3.63) is 46.2 Å². The minimum Gasteiger partial charge on any atom is -0.271 e. The van der Waals surface area contributed by atoms with Crippen LogP contribution in [0.3, 0.4) is 0 Å². The Morgan fingerprint density at radius 2 is 2.31 bits per heavy atom. The maximum Gasteiger partial charge on any atom is 0.0944 e. The number of hydrogen-bond donors (Lipinski definition) is 2. The number of aryl methyl sites for hydroxylation is 1. The SMILES string of the molecule is Cc1ncccc1C(Cc1nccs1)NN.